The first kappa shape index (κ1) is 9.66. The summed E-state index contributed by atoms with van der Waals surface area (Å²) in [5.41, 5.74) is 5.22. The summed E-state index contributed by atoms with van der Waals surface area (Å²) in [6, 6.07) is 0. The maximum atomic E-state index is 9.01. The highest BCUT2D eigenvalue weighted by atomic mass is 16.3. The minimum Gasteiger partial charge on any atom is -0.392 e. The molecule has 0 spiro atoms. The quantitative estimate of drug-likeness (QED) is 0.431. The van der Waals surface area contributed by atoms with Crippen molar-refractivity contribution in [3.63, 3.8) is 0 Å². The van der Waals surface area contributed by atoms with Gasteiger partial charge in [0.2, 0.25) is 0 Å². The molecule has 60 valence electrons. The predicted octanol–water partition coefficient (Wildman–Crippen LogP) is 1.05. The van der Waals surface area contributed by atoms with Gasteiger partial charge in [-0.1, -0.05) is 12.5 Å². The molecule has 0 saturated carbocycles. The number of rotatable bonds is 6. The molecule has 1 unspecified atom stereocenters. The molecule has 2 nitrogen and oxygen atoms in total. The average Bonchev–Trinajstić information content (AvgIpc) is 1.98. The van der Waals surface area contributed by atoms with E-state index in [0.717, 1.165) is 25.7 Å². The number of nitrogens with two attached hydrogens (primary N) is 1. The minimum absolute atomic E-state index is 0.301. The molecule has 0 aliphatic heterocycles. The van der Waals surface area contributed by atoms with Crippen LogP contribution in [0.4, 0.5) is 0 Å². The summed E-state index contributed by atoms with van der Waals surface area (Å²) in [5.74, 6) is 0. The predicted molar refractivity (Wildman–Crippen MR) is 43.7 cm³/mol. The second-order valence-electron chi connectivity index (χ2n) is 2.46. The van der Waals surface area contributed by atoms with E-state index in [2.05, 4.69) is 6.58 Å². The lowest BCUT2D eigenvalue weighted by molar-refractivity contribution is 0.169. The van der Waals surface area contributed by atoms with Crippen LogP contribution in [0.1, 0.15) is 25.7 Å². The SMILES string of the molecule is C=CCCCCC(O)CN. The van der Waals surface area contributed by atoms with Crippen molar-refractivity contribution >= 4 is 0 Å². The van der Waals surface area contributed by atoms with Crippen molar-refractivity contribution in [2.24, 2.45) is 5.73 Å². The van der Waals surface area contributed by atoms with Crippen LogP contribution in [0.3, 0.4) is 0 Å². The summed E-state index contributed by atoms with van der Waals surface area (Å²) < 4.78 is 0. The van der Waals surface area contributed by atoms with Gasteiger partial charge in [0.25, 0.3) is 0 Å². The van der Waals surface area contributed by atoms with Gasteiger partial charge in [0.15, 0.2) is 0 Å². The van der Waals surface area contributed by atoms with Gasteiger partial charge in [-0.3, -0.25) is 0 Å². The topological polar surface area (TPSA) is 46.2 Å². The fourth-order valence-electron chi connectivity index (χ4n) is 0.786. The van der Waals surface area contributed by atoms with E-state index in [1.807, 2.05) is 6.08 Å². The monoisotopic (exact) mass is 143 g/mol. The zero-order valence-electron chi connectivity index (χ0n) is 6.42. The van der Waals surface area contributed by atoms with Gasteiger partial charge in [-0.15, -0.1) is 6.58 Å². The van der Waals surface area contributed by atoms with E-state index in [4.69, 9.17) is 10.8 Å². The standard InChI is InChI=1S/C8H17NO/c1-2-3-4-5-6-8(10)7-9/h2,8,10H,1,3-7,9H2. The van der Waals surface area contributed by atoms with E-state index in [9.17, 15) is 0 Å². The lowest BCUT2D eigenvalue weighted by Gasteiger charge is -2.04. The maximum Gasteiger partial charge on any atom is 0.0662 e. The molecule has 0 saturated heterocycles. The fraction of sp³-hybridized carbons (Fsp3) is 0.750. The minimum atomic E-state index is -0.301. The lowest BCUT2D eigenvalue weighted by Crippen LogP contribution is -2.19. The van der Waals surface area contributed by atoms with Crippen LogP contribution in [0, 0.1) is 0 Å². The van der Waals surface area contributed by atoms with Crippen molar-refractivity contribution < 1.29 is 5.11 Å². The number of hydrogen-bond donors (Lipinski definition) is 2. The molecule has 0 radical (unpaired) electrons. The maximum absolute atomic E-state index is 9.01. The van der Waals surface area contributed by atoms with Gasteiger partial charge in [-0.25, -0.2) is 0 Å². The van der Waals surface area contributed by atoms with E-state index in [1.54, 1.807) is 0 Å². The molecule has 0 rings (SSSR count). The third-order valence-corrected chi connectivity index (χ3v) is 1.47. The van der Waals surface area contributed by atoms with Gasteiger partial charge < -0.3 is 10.8 Å². The van der Waals surface area contributed by atoms with Crippen molar-refractivity contribution in [2.45, 2.75) is 31.8 Å². The van der Waals surface area contributed by atoms with Crippen molar-refractivity contribution in [1.29, 1.82) is 0 Å². The van der Waals surface area contributed by atoms with Crippen LogP contribution in [0.25, 0.3) is 0 Å². The Morgan fingerprint density at radius 2 is 2.20 bits per heavy atom. The lowest BCUT2D eigenvalue weighted by atomic mass is 10.1. The Morgan fingerprint density at radius 1 is 1.50 bits per heavy atom. The number of aliphatic hydroxyl groups is 1. The Labute approximate surface area is 62.7 Å². The molecule has 10 heavy (non-hydrogen) atoms. The first-order chi connectivity index (χ1) is 4.81. The smallest absolute Gasteiger partial charge is 0.0662 e. The summed E-state index contributed by atoms with van der Waals surface area (Å²) in [6.07, 6.45) is 5.62. The van der Waals surface area contributed by atoms with Crippen LogP contribution in [-0.2, 0) is 0 Å². The van der Waals surface area contributed by atoms with Crippen LogP contribution >= 0.6 is 0 Å². The second kappa shape index (κ2) is 6.78. The van der Waals surface area contributed by atoms with Gasteiger partial charge in [0.1, 0.15) is 0 Å². The molecule has 0 aliphatic carbocycles. The molecule has 0 heterocycles. The van der Waals surface area contributed by atoms with E-state index >= 15 is 0 Å². The van der Waals surface area contributed by atoms with Gasteiger partial charge in [0, 0.05) is 6.54 Å². The van der Waals surface area contributed by atoms with Gasteiger partial charge in [-0.05, 0) is 19.3 Å². The fourth-order valence-corrected chi connectivity index (χ4v) is 0.786. The molecule has 3 N–H and O–H groups in total. The van der Waals surface area contributed by atoms with Crippen molar-refractivity contribution in [2.75, 3.05) is 6.54 Å². The van der Waals surface area contributed by atoms with Crippen molar-refractivity contribution in [1.82, 2.24) is 0 Å². The summed E-state index contributed by atoms with van der Waals surface area (Å²) in [5, 5.41) is 9.01. The largest absolute Gasteiger partial charge is 0.392 e. The van der Waals surface area contributed by atoms with Gasteiger partial charge in [-0.2, -0.15) is 0 Å². The molecule has 1 atom stereocenters. The number of aliphatic hydroxyl groups excluding tert-OH is 1. The average molecular weight is 143 g/mol. The molecular formula is C8H17NO. The van der Waals surface area contributed by atoms with Gasteiger partial charge in [0.05, 0.1) is 6.10 Å². The van der Waals surface area contributed by atoms with Gasteiger partial charge >= 0.3 is 0 Å². The van der Waals surface area contributed by atoms with Crippen LogP contribution < -0.4 is 5.73 Å². The van der Waals surface area contributed by atoms with Crippen LogP contribution in [0.2, 0.25) is 0 Å². The molecule has 0 aliphatic rings. The zero-order chi connectivity index (χ0) is 7.82. The number of unbranched alkanes of at least 4 members (excludes halogenated alkanes) is 2. The van der Waals surface area contributed by atoms with Crippen LogP contribution in [0.15, 0.2) is 12.7 Å². The van der Waals surface area contributed by atoms with Crippen molar-refractivity contribution in [3.05, 3.63) is 12.7 Å². The Kier molecular flexibility index (Phi) is 6.55. The number of hydrogen-bond acceptors (Lipinski definition) is 2. The van der Waals surface area contributed by atoms with E-state index < -0.39 is 0 Å². The summed E-state index contributed by atoms with van der Waals surface area (Å²) in [7, 11) is 0. The van der Waals surface area contributed by atoms with E-state index in [1.165, 1.54) is 0 Å². The molecule has 0 aromatic carbocycles. The Morgan fingerprint density at radius 3 is 2.70 bits per heavy atom. The van der Waals surface area contributed by atoms with E-state index in [-0.39, 0.29) is 6.10 Å². The normalized spacial score (nSPS) is 13.0. The Hall–Kier alpha value is -0.340. The highest BCUT2D eigenvalue weighted by Gasteiger charge is 1.98. The third kappa shape index (κ3) is 5.79. The number of allylic oxidation sites excluding steroid dienone is 1. The highest BCUT2D eigenvalue weighted by molar-refractivity contribution is 4.66. The molecular weight excluding hydrogens is 126 g/mol. The van der Waals surface area contributed by atoms with Crippen molar-refractivity contribution in [3.8, 4) is 0 Å². The highest BCUT2D eigenvalue weighted by Crippen LogP contribution is 2.02. The molecule has 0 aromatic heterocycles. The molecule has 0 amide bonds. The summed E-state index contributed by atoms with van der Waals surface area (Å²) >= 11 is 0. The van der Waals surface area contributed by atoms with Crippen LogP contribution in [0.5, 0.6) is 0 Å². The second-order valence-corrected chi connectivity index (χ2v) is 2.46. The third-order valence-electron chi connectivity index (χ3n) is 1.47. The zero-order valence-corrected chi connectivity index (χ0v) is 6.42. The molecule has 2 heteroatoms. The summed E-state index contributed by atoms with van der Waals surface area (Å²) in [6.45, 7) is 3.99. The van der Waals surface area contributed by atoms with E-state index in [0.29, 0.717) is 6.54 Å². The Bertz CT molecular complexity index is 83.3. The first-order valence-electron chi connectivity index (χ1n) is 3.80. The Balaban J connectivity index is 2.95. The summed E-state index contributed by atoms with van der Waals surface area (Å²) in [4.78, 5) is 0. The molecule has 0 bridgehead atoms. The van der Waals surface area contributed by atoms with Crippen LogP contribution in [-0.4, -0.2) is 17.8 Å². The first-order valence-corrected chi connectivity index (χ1v) is 3.80. The molecule has 0 fully saturated rings. The molecule has 0 aromatic rings.